The lowest BCUT2D eigenvalue weighted by atomic mass is 9.72. The van der Waals surface area contributed by atoms with Crippen molar-refractivity contribution in [3.8, 4) is 6.07 Å². The van der Waals surface area contributed by atoms with Gasteiger partial charge in [0.15, 0.2) is 0 Å². The van der Waals surface area contributed by atoms with E-state index in [4.69, 9.17) is 10.7 Å². The van der Waals surface area contributed by atoms with Gasteiger partial charge in [-0.1, -0.05) is 51.1 Å². The molecule has 4 aromatic rings. The lowest BCUT2D eigenvalue weighted by molar-refractivity contribution is 0.103. The number of anilines is 2. The van der Waals surface area contributed by atoms with E-state index >= 15 is 0 Å². The molecule has 1 aromatic carbocycles. The molecule has 38 heavy (non-hydrogen) atoms. The Balaban J connectivity index is 1.27. The van der Waals surface area contributed by atoms with Crippen LogP contribution in [0.25, 0.3) is 10.2 Å². The Kier molecular flexibility index (Phi) is 6.28. The van der Waals surface area contributed by atoms with Crippen LogP contribution in [-0.2, 0) is 25.7 Å². The first-order chi connectivity index (χ1) is 18.2. The first-order valence-electron chi connectivity index (χ1n) is 13.3. The van der Waals surface area contributed by atoms with E-state index in [-0.39, 0.29) is 11.3 Å². The SMILES string of the molecule is CC(C)(C)C1CCc2c(sc(NC(=O)c3sc4nc5c(cc4c3N)CC(c3ccccc3)CC5)c2C#N)C1. The highest BCUT2D eigenvalue weighted by atomic mass is 32.1. The third-order valence-corrected chi connectivity index (χ3v) is 10.7. The zero-order valence-corrected chi connectivity index (χ0v) is 23.7. The summed E-state index contributed by atoms with van der Waals surface area (Å²) in [6.07, 6.45) is 5.84. The zero-order chi connectivity index (χ0) is 26.6. The van der Waals surface area contributed by atoms with Crippen molar-refractivity contribution >= 4 is 49.5 Å². The number of aromatic nitrogens is 1. The molecule has 194 valence electrons. The van der Waals surface area contributed by atoms with Crippen LogP contribution >= 0.6 is 22.7 Å². The number of pyridine rings is 1. The predicted octanol–water partition coefficient (Wildman–Crippen LogP) is 7.49. The van der Waals surface area contributed by atoms with E-state index in [2.05, 4.69) is 68.6 Å². The summed E-state index contributed by atoms with van der Waals surface area (Å²) in [4.78, 5) is 20.9. The van der Waals surface area contributed by atoms with Crippen molar-refractivity contribution in [1.29, 1.82) is 5.26 Å². The second-order valence-corrected chi connectivity index (χ2v) is 13.8. The largest absolute Gasteiger partial charge is 0.397 e. The van der Waals surface area contributed by atoms with Crippen molar-refractivity contribution in [1.82, 2.24) is 4.98 Å². The fourth-order valence-electron chi connectivity index (χ4n) is 6.06. The average Bonchev–Trinajstić information content (AvgIpc) is 3.42. The molecule has 0 radical (unpaired) electrons. The first kappa shape index (κ1) is 25.1. The normalized spacial score (nSPS) is 19.0. The Morgan fingerprint density at radius 1 is 1.13 bits per heavy atom. The topological polar surface area (TPSA) is 91.8 Å². The molecule has 7 heteroatoms. The number of nitrogens with two attached hydrogens (primary N) is 1. The van der Waals surface area contributed by atoms with E-state index in [1.54, 1.807) is 11.3 Å². The number of carbonyl (C=O) groups excluding carboxylic acids is 1. The predicted molar refractivity (Wildman–Crippen MR) is 157 cm³/mol. The van der Waals surface area contributed by atoms with Crippen molar-refractivity contribution in [2.75, 3.05) is 11.1 Å². The van der Waals surface area contributed by atoms with Crippen LogP contribution in [0.4, 0.5) is 10.7 Å². The van der Waals surface area contributed by atoms with Crippen LogP contribution in [0, 0.1) is 22.7 Å². The second-order valence-electron chi connectivity index (χ2n) is 11.7. The first-order valence-corrected chi connectivity index (χ1v) is 15.0. The third-order valence-electron chi connectivity index (χ3n) is 8.39. The van der Waals surface area contributed by atoms with E-state index < -0.39 is 0 Å². The Hall–Kier alpha value is -3.21. The Labute approximate surface area is 231 Å². The highest BCUT2D eigenvalue weighted by Crippen LogP contribution is 2.45. The molecule has 0 bridgehead atoms. The van der Waals surface area contributed by atoms with Gasteiger partial charge in [0, 0.05) is 16.0 Å². The number of hydrogen-bond donors (Lipinski definition) is 2. The highest BCUT2D eigenvalue weighted by molar-refractivity contribution is 7.21. The summed E-state index contributed by atoms with van der Waals surface area (Å²) >= 11 is 2.90. The monoisotopic (exact) mass is 540 g/mol. The molecular formula is C31H32N4OS2. The van der Waals surface area contributed by atoms with E-state index in [1.165, 1.54) is 27.3 Å². The summed E-state index contributed by atoms with van der Waals surface area (Å²) in [6.45, 7) is 6.84. The van der Waals surface area contributed by atoms with Gasteiger partial charge in [-0.05, 0) is 78.5 Å². The number of nitrogen functional groups attached to an aromatic ring is 1. The number of nitriles is 1. The number of benzene rings is 1. The Morgan fingerprint density at radius 3 is 2.66 bits per heavy atom. The standard InChI is InChI=1S/C31H32N4OS2/c1-31(2,3)20-10-11-21-23(16-32)30(37-25(21)15-20)35-28(36)27-26(33)22-14-19-13-18(17-7-5-4-6-8-17)9-12-24(19)34-29(22)38-27/h4-8,14,18,20H,9-13,15,33H2,1-3H3,(H,35,36). The van der Waals surface area contributed by atoms with Gasteiger partial charge in [-0.25, -0.2) is 4.98 Å². The number of rotatable bonds is 3. The fourth-order valence-corrected chi connectivity index (χ4v) is 8.32. The van der Waals surface area contributed by atoms with Gasteiger partial charge in [0.25, 0.3) is 5.91 Å². The summed E-state index contributed by atoms with van der Waals surface area (Å²) in [5.41, 5.74) is 12.7. The zero-order valence-electron chi connectivity index (χ0n) is 22.1. The molecule has 2 aliphatic carbocycles. The van der Waals surface area contributed by atoms with Crippen LogP contribution in [-0.4, -0.2) is 10.9 Å². The Morgan fingerprint density at radius 2 is 1.92 bits per heavy atom. The van der Waals surface area contributed by atoms with Crippen molar-refractivity contribution in [2.24, 2.45) is 11.3 Å². The van der Waals surface area contributed by atoms with Crippen LogP contribution in [0.3, 0.4) is 0 Å². The number of hydrogen-bond acceptors (Lipinski definition) is 6. The van der Waals surface area contributed by atoms with Crippen LogP contribution in [0.5, 0.6) is 0 Å². The second kappa shape index (κ2) is 9.52. The molecule has 0 saturated heterocycles. The molecule has 3 heterocycles. The summed E-state index contributed by atoms with van der Waals surface area (Å²) in [7, 11) is 0. The van der Waals surface area contributed by atoms with Gasteiger partial charge in [-0.3, -0.25) is 4.79 Å². The van der Waals surface area contributed by atoms with Crippen LogP contribution in [0.1, 0.15) is 82.0 Å². The summed E-state index contributed by atoms with van der Waals surface area (Å²) in [5, 5.41) is 14.5. The van der Waals surface area contributed by atoms with Gasteiger partial charge in [-0.2, -0.15) is 5.26 Å². The maximum Gasteiger partial charge on any atom is 0.268 e. The molecule has 0 spiro atoms. The summed E-state index contributed by atoms with van der Waals surface area (Å²) in [6, 6.07) is 15.2. The molecule has 2 aliphatic rings. The molecule has 2 unspecified atom stereocenters. The lowest BCUT2D eigenvalue weighted by Crippen LogP contribution is -2.26. The lowest BCUT2D eigenvalue weighted by Gasteiger charge is -2.33. The molecule has 3 aromatic heterocycles. The van der Waals surface area contributed by atoms with Gasteiger partial charge in [0.2, 0.25) is 0 Å². The molecule has 0 fully saturated rings. The van der Waals surface area contributed by atoms with E-state index in [0.29, 0.717) is 33.0 Å². The van der Waals surface area contributed by atoms with Gasteiger partial charge in [0.1, 0.15) is 20.8 Å². The average molecular weight is 541 g/mol. The quantitative estimate of drug-likeness (QED) is 0.282. The van der Waals surface area contributed by atoms with Crippen molar-refractivity contribution in [3.05, 3.63) is 74.1 Å². The molecule has 2 atom stereocenters. The van der Waals surface area contributed by atoms with E-state index in [9.17, 15) is 10.1 Å². The number of thiophene rings is 2. The third kappa shape index (κ3) is 4.40. The number of nitrogens with zero attached hydrogens (tertiary/aromatic N) is 2. The molecule has 1 amide bonds. The number of nitrogens with one attached hydrogen (secondary N) is 1. The number of aryl methyl sites for hydroxylation is 1. The smallest absolute Gasteiger partial charge is 0.268 e. The van der Waals surface area contributed by atoms with Crippen LogP contribution in [0.2, 0.25) is 0 Å². The minimum Gasteiger partial charge on any atom is -0.397 e. The van der Waals surface area contributed by atoms with E-state index in [1.807, 2.05) is 0 Å². The molecule has 6 rings (SSSR count). The molecule has 5 nitrogen and oxygen atoms in total. The minimum absolute atomic E-state index is 0.219. The van der Waals surface area contributed by atoms with Gasteiger partial charge in [0.05, 0.1) is 11.3 Å². The number of fused-ring (bicyclic) bond motifs is 3. The molecule has 3 N–H and O–H groups in total. The van der Waals surface area contributed by atoms with Crippen LogP contribution in [0.15, 0.2) is 36.4 Å². The highest BCUT2D eigenvalue weighted by Gasteiger charge is 2.33. The Bertz CT molecular complexity index is 1590. The molecule has 0 aliphatic heterocycles. The van der Waals surface area contributed by atoms with Crippen LogP contribution < -0.4 is 11.1 Å². The number of carbonyl (C=O) groups is 1. The molecular weight excluding hydrogens is 509 g/mol. The van der Waals surface area contributed by atoms with Crippen molar-refractivity contribution < 1.29 is 4.79 Å². The van der Waals surface area contributed by atoms with E-state index in [0.717, 1.165) is 60.0 Å². The molecule has 0 saturated carbocycles. The summed E-state index contributed by atoms with van der Waals surface area (Å²) in [5.74, 6) is 0.784. The summed E-state index contributed by atoms with van der Waals surface area (Å²) < 4.78 is 0. The maximum absolute atomic E-state index is 13.5. The van der Waals surface area contributed by atoms with Crippen molar-refractivity contribution in [3.63, 3.8) is 0 Å². The van der Waals surface area contributed by atoms with Crippen molar-refractivity contribution in [2.45, 2.75) is 65.2 Å². The fraction of sp³-hybridized carbons (Fsp3) is 0.387. The minimum atomic E-state index is -0.256. The number of amides is 1. The van der Waals surface area contributed by atoms with Gasteiger partial charge >= 0.3 is 0 Å². The van der Waals surface area contributed by atoms with Gasteiger partial charge in [-0.15, -0.1) is 22.7 Å². The van der Waals surface area contributed by atoms with Gasteiger partial charge < -0.3 is 11.1 Å². The maximum atomic E-state index is 13.5.